The van der Waals surface area contributed by atoms with Gasteiger partial charge in [0.2, 0.25) is 0 Å². The Morgan fingerprint density at radius 2 is 1.56 bits per heavy atom. The van der Waals surface area contributed by atoms with Gasteiger partial charge < -0.3 is 15.4 Å². The number of alkyl halides is 3. The van der Waals surface area contributed by atoms with Gasteiger partial charge in [0, 0.05) is 31.2 Å². The molecule has 1 saturated heterocycles. The second-order valence-corrected chi connectivity index (χ2v) is 10.3. The number of amides is 2. The quantitative estimate of drug-likeness (QED) is 0.270. The van der Waals surface area contributed by atoms with Gasteiger partial charge in [0.25, 0.3) is 11.8 Å². The molecule has 1 aliphatic rings. The van der Waals surface area contributed by atoms with Gasteiger partial charge in [0.1, 0.15) is 12.2 Å². The van der Waals surface area contributed by atoms with E-state index in [1.54, 1.807) is 0 Å². The topological polar surface area (TPSA) is 101 Å². The first-order chi connectivity index (χ1) is 20.7. The average molecular weight is 593 g/mol. The van der Waals surface area contributed by atoms with Crippen LogP contribution < -0.4 is 10.6 Å². The van der Waals surface area contributed by atoms with Gasteiger partial charge in [-0.25, -0.2) is 4.68 Å². The first-order valence-corrected chi connectivity index (χ1v) is 13.8. The monoisotopic (exact) mass is 592 g/mol. The number of rotatable bonds is 11. The predicted octanol–water partition coefficient (Wildman–Crippen LogP) is 4.28. The Morgan fingerprint density at radius 3 is 2.23 bits per heavy atom. The minimum atomic E-state index is -4.51. The van der Waals surface area contributed by atoms with Crippen molar-refractivity contribution in [2.24, 2.45) is 0 Å². The predicted molar refractivity (Wildman–Crippen MR) is 152 cm³/mol. The van der Waals surface area contributed by atoms with Crippen LogP contribution in [0.2, 0.25) is 0 Å². The Morgan fingerprint density at radius 1 is 0.884 bits per heavy atom. The van der Waals surface area contributed by atoms with Gasteiger partial charge >= 0.3 is 6.18 Å². The summed E-state index contributed by atoms with van der Waals surface area (Å²) in [7, 11) is 0. The molecule has 43 heavy (non-hydrogen) atoms. The molecule has 0 aliphatic carbocycles. The summed E-state index contributed by atoms with van der Waals surface area (Å²) in [5.74, 6) is -1.23. The van der Waals surface area contributed by atoms with Crippen molar-refractivity contribution in [2.45, 2.75) is 38.4 Å². The summed E-state index contributed by atoms with van der Waals surface area (Å²) >= 11 is 0. The number of halogens is 3. The number of carbonyl (C=O) groups is 2. The molecule has 1 atom stereocenters. The van der Waals surface area contributed by atoms with Crippen molar-refractivity contribution in [1.82, 2.24) is 30.5 Å². The summed E-state index contributed by atoms with van der Waals surface area (Å²) < 4.78 is 44.9. The summed E-state index contributed by atoms with van der Waals surface area (Å²) in [6, 6.07) is 25.5. The highest BCUT2D eigenvalue weighted by Crippen LogP contribution is 2.19. The van der Waals surface area contributed by atoms with E-state index in [1.807, 2.05) is 53.8 Å². The van der Waals surface area contributed by atoms with Crippen molar-refractivity contribution in [3.63, 3.8) is 0 Å². The number of hydrogen-bond acceptors (Lipinski definition) is 6. The van der Waals surface area contributed by atoms with Crippen molar-refractivity contribution >= 4 is 11.8 Å². The van der Waals surface area contributed by atoms with Crippen LogP contribution in [0.25, 0.3) is 5.69 Å². The van der Waals surface area contributed by atoms with Gasteiger partial charge in [-0.05, 0) is 41.8 Å². The fourth-order valence-electron chi connectivity index (χ4n) is 4.88. The van der Waals surface area contributed by atoms with E-state index in [9.17, 15) is 22.8 Å². The molecular weight excluding hydrogens is 561 g/mol. The van der Waals surface area contributed by atoms with Gasteiger partial charge in [0.15, 0.2) is 5.69 Å². The van der Waals surface area contributed by atoms with Gasteiger partial charge in [-0.2, -0.15) is 13.2 Å². The van der Waals surface area contributed by atoms with Gasteiger partial charge in [-0.3, -0.25) is 14.5 Å². The number of nitrogens with one attached hydrogen (secondary N) is 2. The minimum absolute atomic E-state index is 0.0171. The first-order valence-electron chi connectivity index (χ1n) is 13.8. The SMILES string of the molecule is O=C(NCC(F)(F)F)c1ccc(-n2nnc(C(=O)NC3CCN(Cc4ccccc4)C3)c2COCc2ccccc2)cc1. The fraction of sp³-hybridized carbons (Fsp3) is 0.290. The van der Waals surface area contributed by atoms with Crippen molar-refractivity contribution in [2.75, 3.05) is 19.6 Å². The van der Waals surface area contributed by atoms with Crippen LogP contribution in [-0.2, 0) is 24.5 Å². The second kappa shape index (κ2) is 13.6. The van der Waals surface area contributed by atoms with E-state index in [0.29, 0.717) is 24.5 Å². The highest BCUT2D eigenvalue weighted by molar-refractivity contribution is 5.94. The third-order valence-electron chi connectivity index (χ3n) is 7.01. The molecular formula is C31H31F3N6O3. The van der Waals surface area contributed by atoms with E-state index in [4.69, 9.17) is 4.74 Å². The molecule has 1 aromatic heterocycles. The Labute approximate surface area is 246 Å². The summed E-state index contributed by atoms with van der Waals surface area (Å²) in [4.78, 5) is 27.8. The summed E-state index contributed by atoms with van der Waals surface area (Å²) in [6.45, 7) is 1.23. The highest BCUT2D eigenvalue weighted by atomic mass is 19.4. The molecule has 9 nitrogen and oxygen atoms in total. The van der Waals surface area contributed by atoms with Crippen LogP contribution >= 0.6 is 0 Å². The zero-order valence-electron chi connectivity index (χ0n) is 23.3. The van der Waals surface area contributed by atoms with Crippen LogP contribution in [0.15, 0.2) is 84.9 Å². The van der Waals surface area contributed by atoms with E-state index < -0.39 is 18.6 Å². The lowest BCUT2D eigenvalue weighted by Gasteiger charge is -2.17. The van der Waals surface area contributed by atoms with Crippen molar-refractivity contribution in [3.05, 3.63) is 113 Å². The Balaban J connectivity index is 1.29. The number of nitrogens with zero attached hydrogens (tertiary/aromatic N) is 4. The van der Waals surface area contributed by atoms with Crippen LogP contribution in [0.5, 0.6) is 0 Å². The maximum Gasteiger partial charge on any atom is 0.405 e. The number of benzene rings is 3. The third kappa shape index (κ3) is 8.27. The van der Waals surface area contributed by atoms with Crippen LogP contribution in [0.3, 0.4) is 0 Å². The second-order valence-electron chi connectivity index (χ2n) is 10.3. The molecule has 0 saturated carbocycles. The van der Waals surface area contributed by atoms with Gasteiger partial charge in [-0.15, -0.1) is 5.10 Å². The molecule has 1 fully saturated rings. The number of ether oxygens (including phenoxy) is 1. The first kappa shape index (κ1) is 29.9. The lowest BCUT2D eigenvalue weighted by atomic mass is 10.2. The Bertz CT molecular complexity index is 1510. The van der Waals surface area contributed by atoms with Gasteiger partial charge in [0.05, 0.1) is 18.9 Å². The standard InChI is InChI=1S/C31H31F3N6O3/c32-31(33,34)21-35-29(41)24-11-13-26(14-12-24)40-27(20-43-19-23-9-5-2-6-10-23)28(37-38-40)30(42)36-25-15-16-39(18-25)17-22-7-3-1-4-8-22/h1-14,25H,15-21H2,(H,35,41)(H,36,42). The number of hydrogen-bond donors (Lipinski definition) is 2. The van der Waals surface area contributed by atoms with Crippen LogP contribution in [0.1, 0.15) is 44.1 Å². The lowest BCUT2D eigenvalue weighted by molar-refractivity contribution is -0.123. The molecule has 0 radical (unpaired) electrons. The summed E-state index contributed by atoms with van der Waals surface area (Å²) in [5.41, 5.74) is 3.19. The van der Waals surface area contributed by atoms with E-state index in [-0.39, 0.29) is 29.8 Å². The minimum Gasteiger partial charge on any atom is -0.370 e. The van der Waals surface area contributed by atoms with Crippen molar-refractivity contribution in [1.29, 1.82) is 0 Å². The zero-order chi connectivity index (χ0) is 30.2. The molecule has 4 aromatic rings. The number of aromatic nitrogens is 3. The molecule has 224 valence electrons. The molecule has 0 bridgehead atoms. The molecule has 2 heterocycles. The van der Waals surface area contributed by atoms with E-state index in [1.165, 1.54) is 34.5 Å². The van der Waals surface area contributed by atoms with Crippen molar-refractivity contribution in [3.8, 4) is 5.69 Å². The normalized spacial score (nSPS) is 15.4. The fourth-order valence-corrected chi connectivity index (χ4v) is 4.88. The third-order valence-corrected chi connectivity index (χ3v) is 7.01. The molecule has 1 unspecified atom stereocenters. The van der Waals surface area contributed by atoms with E-state index >= 15 is 0 Å². The van der Waals surface area contributed by atoms with E-state index in [2.05, 4.69) is 32.7 Å². The van der Waals surface area contributed by atoms with Crippen molar-refractivity contribution < 1.29 is 27.5 Å². The maximum atomic E-state index is 13.4. The molecule has 2 amide bonds. The largest absolute Gasteiger partial charge is 0.405 e. The van der Waals surface area contributed by atoms with Crippen LogP contribution in [0.4, 0.5) is 13.2 Å². The molecule has 3 aromatic carbocycles. The molecule has 0 spiro atoms. The van der Waals surface area contributed by atoms with Crippen LogP contribution in [-0.4, -0.2) is 63.6 Å². The lowest BCUT2D eigenvalue weighted by Crippen LogP contribution is -2.37. The van der Waals surface area contributed by atoms with Crippen LogP contribution in [0, 0.1) is 0 Å². The molecule has 1 aliphatic heterocycles. The smallest absolute Gasteiger partial charge is 0.370 e. The molecule has 2 N–H and O–H groups in total. The summed E-state index contributed by atoms with van der Waals surface area (Å²) in [5, 5.41) is 13.3. The summed E-state index contributed by atoms with van der Waals surface area (Å²) in [6.07, 6.45) is -3.72. The Hall–Kier alpha value is -4.55. The highest BCUT2D eigenvalue weighted by Gasteiger charge is 2.29. The number of likely N-dealkylation sites (tertiary alicyclic amines) is 1. The zero-order valence-corrected chi connectivity index (χ0v) is 23.3. The molecule has 5 rings (SSSR count). The molecule has 12 heteroatoms. The van der Waals surface area contributed by atoms with E-state index in [0.717, 1.165) is 25.1 Å². The Kier molecular flexibility index (Phi) is 9.48. The number of carbonyl (C=O) groups excluding carboxylic acids is 2. The maximum absolute atomic E-state index is 13.4. The van der Waals surface area contributed by atoms with Gasteiger partial charge in [-0.1, -0.05) is 65.9 Å². The average Bonchev–Trinajstić information content (AvgIpc) is 3.63.